The summed E-state index contributed by atoms with van der Waals surface area (Å²) in [5.41, 5.74) is 0. The fourth-order valence-electron chi connectivity index (χ4n) is 1.23. The molecule has 1 saturated heterocycles. The number of hydrogen-bond acceptors (Lipinski definition) is 3. The molecule has 1 unspecified atom stereocenters. The first-order chi connectivity index (χ1) is 7.79. The molecule has 1 heterocycles. The summed E-state index contributed by atoms with van der Waals surface area (Å²) in [6.07, 6.45) is -0.203. The molecule has 0 aliphatic carbocycles. The van der Waals surface area contributed by atoms with E-state index in [1.807, 2.05) is 36.4 Å². The van der Waals surface area contributed by atoms with E-state index >= 15 is 0 Å². The van der Waals surface area contributed by atoms with Crippen LogP contribution in [0, 0.1) is 0 Å². The summed E-state index contributed by atoms with van der Waals surface area (Å²) >= 11 is 0. The van der Waals surface area contributed by atoms with Crippen molar-refractivity contribution < 1.29 is 19.4 Å². The van der Waals surface area contributed by atoms with Crippen molar-refractivity contribution in [1.82, 2.24) is 0 Å². The lowest BCUT2D eigenvalue weighted by molar-refractivity contribution is -0.146. The van der Waals surface area contributed by atoms with Gasteiger partial charge in [0.1, 0.15) is 0 Å². The Morgan fingerprint density at radius 1 is 1.12 bits per heavy atom. The van der Waals surface area contributed by atoms with E-state index in [4.69, 9.17) is 14.6 Å². The number of benzene rings is 1. The summed E-state index contributed by atoms with van der Waals surface area (Å²) in [7, 11) is 0. The van der Waals surface area contributed by atoms with Gasteiger partial charge in [-0.25, -0.2) is 0 Å². The van der Waals surface area contributed by atoms with Crippen LogP contribution in [0.1, 0.15) is 6.42 Å². The van der Waals surface area contributed by atoms with Crippen LogP contribution in [0.25, 0.3) is 0 Å². The zero-order valence-electron chi connectivity index (χ0n) is 9.04. The predicted molar refractivity (Wildman–Crippen MR) is 59.3 cm³/mol. The van der Waals surface area contributed by atoms with E-state index in [1.165, 1.54) is 0 Å². The molecule has 1 N–H and O–H groups in total. The van der Waals surface area contributed by atoms with Crippen LogP contribution in [0.3, 0.4) is 0 Å². The Kier molecular flexibility index (Phi) is 6.22. The Bertz CT molecular complexity index is 254. The molecular formula is C12H16O4. The molecule has 1 aliphatic rings. The van der Waals surface area contributed by atoms with Gasteiger partial charge in [-0.05, 0) is 0 Å². The zero-order chi connectivity index (χ0) is 11.6. The number of aliphatic carboxylic acids is 1. The standard InChI is InChI=1S/C6H10O4.C6H6/c7-6(8)3-5-4-9-1-2-10-5;1-2-4-6-5-3-1/h5H,1-4H2,(H,7,8);1-6H. The van der Waals surface area contributed by atoms with Crippen molar-refractivity contribution in [2.75, 3.05) is 19.8 Å². The first-order valence-corrected chi connectivity index (χ1v) is 5.20. The Balaban J connectivity index is 0.000000181. The molecule has 1 aromatic rings. The second-order valence-electron chi connectivity index (χ2n) is 3.32. The number of hydrogen-bond donors (Lipinski definition) is 1. The molecule has 0 saturated carbocycles. The molecular weight excluding hydrogens is 208 g/mol. The molecule has 1 atom stereocenters. The summed E-state index contributed by atoms with van der Waals surface area (Å²) in [4.78, 5) is 10.1. The fourth-order valence-corrected chi connectivity index (χ4v) is 1.23. The van der Waals surface area contributed by atoms with Crippen LogP contribution >= 0.6 is 0 Å². The summed E-state index contributed by atoms with van der Waals surface area (Å²) < 4.78 is 10.1. The van der Waals surface area contributed by atoms with Crippen molar-refractivity contribution in [2.24, 2.45) is 0 Å². The average Bonchev–Trinajstić information content (AvgIpc) is 2.32. The van der Waals surface area contributed by atoms with Crippen LogP contribution in [0.15, 0.2) is 36.4 Å². The quantitative estimate of drug-likeness (QED) is 0.828. The SMILES string of the molecule is O=C(O)CC1COCCO1.c1ccccc1. The van der Waals surface area contributed by atoms with E-state index in [0.717, 1.165) is 0 Å². The first kappa shape index (κ1) is 12.7. The molecule has 4 heteroatoms. The minimum Gasteiger partial charge on any atom is -0.481 e. The van der Waals surface area contributed by atoms with Crippen molar-refractivity contribution in [1.29, 1.82) is 0 Å². The number of carboxylic acid groups (broad SMARTS) is 1. The molecule has 0 spiro atoms. The third-order valence-electron chi connectivity index (χ3n) is 1.95. The maximum atomic E-state index is 10.1. The van der Waals surface area contributed by atoms with E-state index < -0.39 is 5.97 Å². The minimum atomic E-state index is -0.837. The topological polar surface area (TPSA) is 55.8 Å². The van der Waals surface area contributed by atoms with Crippen molar-refractivity contribution >= 4 is 5.97 Å². The monoisotopic (exact) mass is 224 g/mol. The van der Waals surface area contributed by atoms with Crippen LogP contribution in [-0.4, -0.2) is 37.0 Å². The Labute approximate surface area is 94.8 Å². The lowest BCUT2D eigenvalue weighted by Gasteiger charge is -2.20. The number of rotatable bonds is 2. The van der Waals surface area contributed by atoms with Crippen molar-refractivity contribution in [3.05, 3.63) is 36.4 Å². The molecule has 1 fully saturated rings. The predicted octanol–water partition coefficient (Wildman–Crippen LogP) is 1.56. The molecule has 2 rings (SSSR count). The van der Waals surface area contributed by atoms with E-state index in [1.54, 1.807) is 0 Å². The van der Waals surface area contributed by atoms with Crippen LogP contribution in [0.5, 0.6) is 0 Å². The highest BCUT2D eigenvalue weighted by Crippen LogP contribution is 2.04. The minimum absolute atomic E-state index is 0.0417. The maximum absolute atomic E-state index is 10.1. The zero-order valence-corrected chi connectivity index (χ0v) is 9.04. The van der Waals surface area contributed by atoms with E-state index in [0.29, 0.717) is 19.8 Å². The number of carbonyl (C=O) groups is 1. The first-order valence-electron chi connectivity index (χ1n) is 5.20. The van der Waals surface area contributed by atoms with Gasteiger partial charge in [-0.2, -0.15) is 0 Å². The van der Waals surface area contributed by atoms with Gasteiger partial charge >= 0.3 is 5.97 Å². The van der Waals surface area contributed by atoms with Gasteiger partial charge < -0.3 is 14.6 Å². The summed E-state index contributed by atoms with van der Waals surface area (Å²) in [5.74, 6) is -0.837. The largest absolute Gasteiger partial charge is 0.481 e. The van der Waals surface area contributed by atoms with Gasteiger partial charge in [0.05, 0.1) is 32.3 Å². The summed E-state index contributed by atoms with van der Waals surface area (Å²) in [5, 5.41) is 8.33. The van der Waals surface area contributed by atoms with Gasteiger partial charge in [0.2, 0.25) is 0 Å². The van der Waals surface area contributed by atoms with Gasteiger partial charge in [-0.3, -0.25) is 4.79 Å². The summed E-state index contributed by atoms with van der Waals surface area (Å²) in [6.45, 7) is 1.50. The molecule has 4 nitrogen and oxygen atoms in total. The third-order valence-corrected chi connectivity index (χ3v) is 1.95. The summed E-state index contributed by atoms with van der Waals surface area (Å²) in [6, 6.07) is 12.0. The van der Waals surface area contributed by atoms with Gasteiger partial charge in [0.25, 0.3) is 0 Å². The Morgan fingerprint density at radius 3 is 2.06 bits per heavy atom. The van der Waals surface area contributed by atoms with Crippen LogP contribution < -0.4 is 0 Å². The molecule has 1 aliphatic heterocycles. The lowest BCUT2D eigenvalue weighted by Crippen LogP contribution is -2.30. The van der Waals surface area contributed by atoms with E-state index in [2.05, 4.69) is 0 Å². The molecule has 0 bridgehead atoms. The van der Waals surface area contributed by atoms with Gasteiger partial charge in [-0.1, -0.05) is 36.4 Å². The highest BCUT2D eigenvalue weighted by molar-refractivity contribution is 5.67. The van der Waals surface area contributed by atoms with Crippen LogP contribution in [-0.2, 0) is 14.3 Å². The van der Waals surface area contributed by atoms with Crippen molar-refractivity contribution in [3.8, 4) is 0 Å². The highest BCUT2D eigenvalue weighted by atomic mass is 16.6. The highest BCUT2D eigenvalue weighted by Gasteiger charge is 2.16. The fraction of sp³-hybridized carbons (Fsp3) is 0.417. The van der Waals surface area contributed by atoms with E-state index in [-0.39, 0.29) is 12.5 Å². The maximum Gasteiger partial charge on any atom is 0.306 e. The second-order valence-corrected chi connectivity index (χ2v) is 3.32. The number of carboxylic acids is 1. The molecule has 88 valence electrons. The molecule has 1 aromatic carbocycles. The Morgan fingerprint density at radius 2 is 1.69 bits per heavy atom. The molecule has 0 amide bonds. The van der Waals surface area contributed by atoms with Gasteiger partial charge in [-0.15, -0.1) is 0 Å². The molecule has 16 heavy (non-hydrogen) atoms. The van der Waals surface area contributed by atoms with E-state index in [9.17, 15) is 4.79 Å². The normalized spacial score (nSPS) is 19.4. The van der Waals surface area contributed by atoms with Gasteiger partial charge in [0.15, 0.2) is 0 Å². The second kappa shape index (κ2) is 7.84. The van der Waals surface area contributed by atoms with Crippen molar-refractivity contribution in [2.45, 2.75) is 12.5 Å². The lowest BCUT2D eigenvalue weighted by atomic mass is 10.2. The van der Waals surface area contributed by atoms with Crippen LogP contribution in [0.2, 0.25) is 0 Å². The number of ether oxygens (including phenoxy) is 2. The van der Waals surface area contributed by atoms with Gasteiger partial charge in [0, 0.05) is 0 Å². The molecule has 0 radical (unpaired) electrons. The average molecular weight is 224 g/mol. The van der Waals surface area contributed by atoms with Crippen LogP contribution in [0.4, 0.5) is 0 Å². The molecule has 0 aromatic heterocycles. The Hall–Kier alpha value is -1.39. The third kappa shape index (κ3) is 6.16. The van der Waals surface area contributed by atoms with Crippen molar-refractivity contribution in [3.63, 3.8) is 0 Å². The smallest absolute Gasteiger partial charge is 0.306 e.